The van der Waals surface area contributed by atoms with E-state index in [1.54, 1.807) is 6.07 Å². The Bertz CT molecular complexity index is 859. The van der Waals surface area contributed by atoms with E-state index in [9.17, 15) is 9.59 Å². The van der Waals surface area contributed by atoms with Crippen molar-refractivity contribution >= 4 is 35.0 Å². The molecule has 0 aliphatic carbocycles. The van der Waals surface area contributed by atoms with Crippen LogP contribution in [0, 0.1) is 5.92 Å². The molecule has 0 bridgehead atoms. The number of piperidine rings is 1. The first kappa shape index (κ1) is 22.2. The van der Waals surface area contributed by atoms with Crippen molar-refractivity contribution in [1.29, 1.82) is 0 Å². The highest BCUT2D eigenvalue weighted by atomic mass is 32.2. The Hall–Kier alpha value is -2.47. The van der Waals surface area contributed by atoms with Gasteiger partial charge in [0.25, 0.3) is 5.91 Å². The second-order valence-corrected chi connectivity index (χ2v) is 9.19. The summed E-state index contributed by atoms with van der Waals surface area (Å²) in [7, 11) is 0. The maximum atomic E-state index is 12.8. The van der Waals surface area contributed by atoms with Crippen molar-refractivity contribution in [3.63, 3.8) is 0 Å². The summed E-state index contributed by atoms with van der Waals surface area (Å²) in [5.74, 6) is 0.884. The summed E-state index contributed by atoms with van der Waals surface area (Å²) in [6, 6.07) is 15.6. The second-order valence-electron chi connectivity index (χ2n) is 8.18. The van der Waals surface area contributed by atoms with E-state index in [4.69, 9.17) is 0 Å². The largest absolute Gasteiger partial charge is 0.372 e. The fourth-order valence-electron chi connectivity index (χ4n) is 3.51. The molecule has 30 heavy (non-hydrogen) atoms. The normalized spacial score (nSPS) is 14.6. The van der Waals surface area contributed by atoms with Gasteiger partial charge in [-0.25, -0.2) is 0 Å². The Morgan fingerprint density at radius 1 is 1.07 bits per heavy atom. The number of rotatable bonds is 7. The van der Waals surface area contributed by atoms with Gasteiger partial charge < -0.3 is 15.5 Å². The van der Waals surface area contributed by atoms with Crippen molar-refractivity contribution in [2.45, 2.75) is 44.6 Å². The van der Waals surface area contributed by atoms with E-state index in [-0.39, 0.29) is 23.6 Å². The minimum atomic E-state index is -0.165. The molecule has 2 aromatic rings. The predicted molar refractivity (Wildman–Crippen MR) is 125 cm³/mol. The van der Waals surface area contributed by atoms with Crippen LogP contribution in [0.15, 0.2) is 53.4 Å². The Morgan fingerprint density at radius 3 is 2.40 bits per heavy atom. The molecule has 2 aromatic carbocycles. The van der Waals surface area contributed by atoms with Crippen LogP contribution in [0.2, 0.25) is 0 Å². The summed E-state index contributed by atoms with van der Waals surface area (Å²) < 4.78 is 0. The second kappa shape index (κ2) is 10.5. The lowest BCUT2D eigenvalue weighted by atomic mass is 9.99. The van der Waals surface area contributed by atoms with Gasteiger partial charge in [-0.05, 0) is 69.0 Å². The molecule has 2 N–H and O–H groups in total. The van der Waals surface area contributed by atoms with Crippen LogP contribution in [0.4, 0.5) is 11.4 Å². The van der Waals surface area contributed by atoms with Crippen molar-refractivity contribution in [3.8, 4) is 0 Å². The Morgan fingerprint density at radius 2 is 1.73 bits per heavy atom. The summed E-state index contributed by atoms with van der Waals surface area (Å²) in [5, 5.41) is 5.86. The first-order valence-electron chi connectivity index (χ1n) is 10.6. The fourth-order valence-corrected chi connectivity index (χ4v) is 4.37. The van der Waals surface area contributed by atoms with Crippen LogP contribution in [0.1, 0.15) is 44.0 Å². The van der Waals surface area contributed by atoms with Gasteiger partial charge in [0.1, 0.15) is 0 Å². The van der Waals surface area contributed by atoms with Crippen LogP contribution in [0.25, 0.3) is 0 Å². The number of nitrogens with zero attached hydrogens (tertiary/aromatic N) is 1. The average molecular weight is 426 g/mol. The van der Waals surface area contributed by atoms with E-state index in [2.05, 4.69) is 34.6 Å². The number of anilines is 2. The lowest BCUT2D eigenvalue weighted by Gasteiger charge is -2.32. The lowest BCUT2D eigenvalue weighted by Crippen LogP contribution is -2.32. The third-order valence-electron chi connectivity index (χ3n) is 5.21. The Kier molecular flexibility index (Phi) is 7.80. The quantitative estimate of drug-likeness (QED) is 0.626. The molecule has 1 aliphatic heterocycles. The standard InChI is InChI=1S/C24H31N3O2S/c1-17(2)25-23(28)16-30-22-7-5-4-6-21(22)24(29)26-19-8-10-20(11-9-19)27-14-12-18(3)13-15-27/h4-11,17-18H,12-16H2,1-3H3,(H,25,28)(H,26,29). The van der Waals surface area contributed by atoms with Crippen molar-refractivity contribution in [2.24, 2.45) is 5.92 Å². The molecule has 2 amide bonds. The summed E-state index contributed by atoms with van der Waals surface area (Å²) in [4.78, 5) is 28.0. The third kappa shape index (κ3) is 6.26. The van der Waals surface area contributed by atoms with Crippen molar-refractivity contribution in [3.05, 3.63) is 54.1 Å². The summed E-state index contributed by atoms with van der Waals surface area (Å²) in [5.41, 5.74) is 2.55. The maximum Gasteiger partial charge on any atom is 0.256 e. The number of hydrogen-bond donors (Lipinski definition) is 2. The smallest absolute Gasteiger partial charge is 0.256 e. The van der Waals surface area contributed by atoms with Crippen LogP contribution in [-0.2, 0) is 4.79 Å². The number of carbonyl (C=O) groups is 2. The van der Waals surface area contributed by atoms with E-state index < -0.39 is 0 Å². The fraction of sp³-hybridized carbons (Fsp3) is 0.417. The van der Waals surface area contributed by atoms with Crippen LogP contribution >= 0.6 is 11.8 Å². The molecule has 0 aromatic heterocycles. The number of amides is 2. The molecular formula is C24H31N3O2S. The average Bonchev–Trinajstić information content (AvgIpc) is 2.73. The molecule has 3 rings (SSSR count). The van der Waals surface area contributed by atoms with Gasteiger partial charge in [0.15, 0.2) is 0 Å². The van der Waals surface area contributed by atoms with Gasteiger partial charge in [-0.1, -0.05) is 19.1 Å². The zero-order valence-electron chi connectivity index (χ0n) is 18.0. The first-order chi connectivity index (χ1) is 14.4. The van der Waals surface area contributed by atoms with Crippen LogP contribution < -0.4 is 15.5 Å². The number of hydrogen-bond acceptors (Lipinski definition) is 4. The molecule has 1 fully saturated rings. The van der Waals surface area contributed by atoms with Crippen molar-refractivity contribution in [2.75, 3.05) is 29.1 Å². The van der Waals surface area contributed by atoms with E-state index in [1.165, 1.54) is 30.3 Å². The molecule has 5 nitrogen and oxygen atoms in total. The molecule has 160 valence electrons. The number of benzene rings is 2. The highest BCUT2D eigenvalue weighted by Crippen LogP contribution is 2.26. The Balaban J connectivity index is 1.61. The van der Waals surface area contributed by atoms with Gasteiger partial charge in [-0.2, -0.15) is 0 Å². The third-order valence-corrected chi connectivity index (χ3v) is 6.29. The van der Waals surface area contributed by atoms with Gasteiger partial charge in [0, 0.05) is 35.4 Å². The molecule has 0 radical (unpaired) electrons. The Labute approximate surface area is 183 Å². The van der Waals surface area contributed by atoms with E-state index in [0.717, 1.165) is 29.6 Å². The lowest BCUT2D eigenvalue weighted by molar-refractivity contribution is -0.119. The summed E-state index contributed by atoms with van der Waals surface area (Å²) in [6.07, 6.45) is 2.45. The first-order valence-corrected chi connectivity index (χ1v) is 11.6. The van der Waals surface area contributed by atoms with E-state index in [1.807, 2.05) is 44.2 Å². The van der Waals surface area contributed by atoms with Gasteiger partial charge in [0.05, 0.1) is 11.3 Å². The van der Waals surface area contributed by atoms with Gasteiger partial charge >= 0.3 is 0 Å². The predicted octanol–water partition coefficient (Wildman–Crippen LogP) is 4.79. The van der Waals surface area contributed by atoms with E-state index in [0.29, 0.717) is 5.56 Å². The molecule has 1 saturated heterocycles. The SMILES string of the molecule is CC1CCN(c2ccc(NC(=O)c3ccccc3SCC(=O)NC(C)C)cc2)CC1. The summed E-state index contributed by atoms with van der Waals surface area (Å²) >= 11 is 1.38. The molecule has 0 spiro atoms. The molecular weight excluding hydrogens is 394 g/mol. The molecule has 6 heteroatoms. The highest BCUT2D eigenvalue weighted by Gasteiger charge is 2.17. The molecule has 0 unspecified atom stereocenters. The minimum Gasteiger partial charge on any atom is -0.372 e. The number of nitrogens with one attached hydrogen (secondary N) is 2. The zero-order chi connectivity index (χ0) is 21.5. The van der Waals surface area contributed by atoms with Gasteiger partial charge in [0.2, 0.25) is 5.91 Å². The van der Waals surface area contributed by atoms with Crippen LogP contribution in [0.5, 0.6) is 0 Å². The van der Waals surface area contributed by atoms with Crippen molar-refractivity contribution in [1.82, 2.24) is 5.32 Å². The zero-order valence-corrected chi connectivity index (χ0v) is 18.8. The molecule has 0 atom stereocenters. The topological polar surface area (TPSA) is 61.4 Å². The van der Waals surface area contributed by atoms with Gasteiger partial charge in [-0.3, -0.25) is 9.59 Å². The van der Waals surface area contributed by atoms with Crippen LogP contribution in [0.3, 0.4) is 0 Å². The van der Waals surface area contributed by atoms with Crippen LogP contribution in [-0.4, -0.2) is 36.7 Å². The summed E-state index contributed by atoms with van der Waals surface area (Å²) in [6.45, 7) is 8.34. The molecule has 0 saturated carbocycles. The highest BCUT2D eigenvalue weighted by molar-refractivity contribution is 8.00. The molecule has 1 heterocycles. The van der Waals surface area contributed by atoms with Crippen molar-refractivity contribution < 1.29 is 9.59 Å². The van der Waals surface area contributed by atoms with E-state index >= 15 is 0 Å². The minimum absolute atomic E-state index is 0.0343. The monoisotopic (exact) mass is 425 g/mol. The van der Waals surface area contributed by atoms with Gasteiger partial charge in [-0.15, -0.1) is 11.8 Å². The molecule has 1 aliphatic rings. The number of carbonyl (C=O) groups excluding carboxylic acids is 2. The maximum absolute atomic E-state index is 12.8. The number of thioether (sulfide) groups is 1.